The van der Waals surface area contributed by atoms with Gasteiger partial charge in [-0.2, -0.15) is 0 Å². The molecule has 0 fully saturated rings. The monoisotopic (exact) mass is 220 g/mol. The molecular weight excluding hydrogens is 196 g/mol. The number of hydrogen-bond acceptors (Lipinski definition) is 2. The molecule has 90 valence electrons. The molecule has 1 N–H and O–H groups in total. The van der Waals surface area contributed by atoms with Gasteiger partial charge in [-0.05, 0) is 44.4 Å². The summed E-state index contributed by atoms with van der Waals surface area (Å²) >= 11 is 0. The van der Waals surface area contributed by atoms with Crippen LogP contribution >= 0.6 is 0 Å². The Kier molecular flexibility index (Phi) is 4.94. The number of hydrogen-bond donors (Lipinski definition) is 1. The molecule has 0 amide bonds. The second-order valence-electron chi connectivity index (χ2n) is 4.75. The number of nitrogens with one attached hydrogen (secondary N) is 1. The largest absolute Gasteiger partial charge is 0.311 e. The first-order chi connectivity index (χ1) is 7.60. The Hall–Kier alpha value is -0.890. The second-order valence-corrected chi connectivity index (χ2v) is 4.75. The third-order valence-corrected chi connectivity index (χ3v) is 3.17. The van der Waals surface area contributed by atoms with Crippen molar-refractivity contribution in [1.29, 1.82) is 0 Å². The maximum atomic E-state index is 4.59. The van der Waals surface area contributed by atoms with E-state index in [2.05, 4.69) is 44.1 Å². The molecule has 0 aromatic carbocycles. The van der Waals surface area contributed by atoms with Gasteiger partial charge in [-0.15, -0.1) is 0 Å². The Balaban J connectivity index is 2.94. The summed E-state index contributed by atoms with van der Waals surface area (Å²) < 4.78 is 0. The molecule has 1 aromatic heterocycles. The molecule has 16 heavy (non-hydrogen) atoms. The normalized spacial score (nSPS) is 14.8. The zero-order valence-corrected chi connectivity index (χ0v) is 11.2. The molecule has 0 aliphatic carbocycles. The lowest BCUT2D eigenvalue weighted by atomic mass is 9.92. The van der Waals surface area contributed by atoms with Crippen molar-refractivity contribution in [2.24, 2.45) is 5.92 Å². The summed E-state index contributed by atoms with van der Waals surface area (Å²) in [5.74, 6) is 0.629. The number of rotatable bonds is 5. The van der Waals surface area contributed by atoms with E-state index in [4.69, 9.17) is 0 Å². The quantitative estimate of drug-likeness (QED) is 0.822. The molecule has 2 nitrogen and oxygen atoms in total. The standard InChI is InChI=1S/C14H24N2/c1-6-7-11(3)13(15-5)14-12(4)8-10(2)9-16-14/h8-9,11,13,15H,6-7H2,1-5H3. The SMILES string of the molecule is CCCC(C)C(NC)c1ncc(C)cc1C. The summed E-state index contributed by atoms with van der Waals surface area (Å²) in [5.41, 5.74) is 3.73. The van der Waals surface area contributed by atoms with E-state index in [-0.39, 0.29) is 0 Å². The Morgan fingerprint density at radius 3 is 2.56 bits per heavy atom. The van der Waals surface area contributed by atoms with Crippen LogP contribution in [0.4, 0.5) is 0 Å². The van der Waals surface area contributed by atoms with E-state index >= 15 is 0 Å². The highest BCUT2D eigenvalue weighted by Gasteiger charge is 2.19. The van der Waals surface area contributed by atoms with Gasteiger partial charge in [0.05, 0.1) is 11.7 Å². The summed E-state index contributed by atoms with van der Waals surface area (Å²) in [6, 6.07) is 2.59. The summed E-state index contributed by atoms with van der Waals surface area (Å²) in [6.07, 6.45) is 4.43. The molecule has 1 rings (SSSR count). The van der Waals surface area contributed by atoms with Gasteiger partial charge < -0.3 is 5.32 Å². The van der Waals surface area contributed by atoms with Crippen molar-refractivity contribution in [3.8, 4) is 0 Å². The fourth-order valence-electron chi connectivity index (χ4n) is 2.36. The maximum Gasteiger partial charge on any atom is 0.0605 e. The third-order valence-electron chi connectivity index (χ3n) is 3.17. The minimum absolute atomic E-state index is 0.376. The van der Waals surface area contributed by atoms with Crippen LogP contribution in [-0.4, -0.2) is 12.0 Å². The molecule has 1 aromatic rings. The van der Waals surface area contributed by atoms with Gasteiger partial charge in [-0.25, -0.2) is 0 Å². The highest BCUT2D eigenvalue weighted by Crippen LogP contribution is 2.26. The van der Waals surface area contributed by atoms with Gasteiger partial charge >= 0.3 is 0 Å². The summed E-state index contributed by atoms with van der Waals surface area (Å²) in [6.45, 7) is 8.77. The highest BCUT2D eigenvalue weighted by molar-refractivity contribution is 5.26. The van der Waals surface area contributed by atoms with Crippen LogP contribution in [0, 0.1) is 19.8 Å². The molecule has 2 atom stereocenters. The van der Waals surface area contributed by atoms with Crippen molar-refractivity contribution >= 4 is 0 Å². The molecular formula is C14H24N2. The van der Waals surface area contributed by atoms with E-state index in [1.54, 1.807) is 0 Å². The summed E-state index contributed by atoms with van der Waals surface area (Å²) in [7, 11) is 2.03. The van der Waals surface area contributed by atoms with Crippen LogP contribution < -0.4 is 5.32 Å². The Morgan fingerprint density at radius 1 is 1.38 bits per heavy atom. The fourth-order valence-corrected chi connectivity index (χ4v) is 2.36. The summed E-state index contributed by atoms with van der Waals surface area (Å²) in [4.78, 5) is 4.59. The van der Waals surface area contributed by atoms with Crippen molar-refractivity contribution in [3.05, 3.63) is 29.1 Å². The van der Waals surface area contributed by atoms with Crippen LogP contribution in [-0.2, 0) is 0 Å². The second kappa shape index (κ2) is 6.00. The van der Waals surface area contributed by atoms with Crippen LogP contribution in [0.3, 0.4) is 0 Å². The Labute approximate surface area is 99.5 Å². The van der Waals surface area contributed by atoms with Gasteiger partial charge in [0, 0.05) is 6.20 Å². The maximum absolute atomic E-state index is 4.59. The smallest absolute Gasteiger partial charge is 0.0605 e. The predicted molar refractivity (Wildman–Crippen MR) is 69.6 cm³/mol. The fraction of sp³-hybridized carbons (Fsp3) is 0.643. The molecule has 2 unspecified atom stereocenters. The van der Waals surface area contributed by atoms with Gasteiger partial charge in [0.1, 0.15) is 0 Å². The van der Waals surface area contributed by atoms with Crippen molar-refractivity contribution in [2.75, 3.05) is 7.05 Å². The third kappa shape index (κ3) is 3.05. The summed E-state index contributed by atoms with van der Waals surface area (Å²) in [5, 5.41) is 3.40. The van der Waals surface area contributed by atoms with Crippen molar-refractivity contribution in [3.63, 3.8) is 0 Å². The number of aromatic nitrogens is 1. The highest BCUT2D eigenvalue weighted by atomic mass is 14.9. The zero-order valence-electron chi connectivity index (χ0n) is 11.2. The molecule has 0 aliphatic heterocycles. The van der Waals surface area contributed by atoms with E-state index in [1.807, 2.05) is 13.2 Å². The first-order valence-electron chi connectivity index (χ1n) is 6.20. The lowest BCUT2D eigenvalue weighted by molar-refractivity contribution is 0.375. The average Bonchev–Trinajstić information content (AvgIpc) is 2.22. The molecule has 0 aliphatic rings. The Bertz CT molecular complexity index is 334. The van der Waals surface area contributed by atoms with Crippen LogP contribution in [0.5, 0.6) is 0 Å². The number of nitrogens with zero attached hydrogens (tertiary/aromatic N) is 1. The lowest BCUT2D eigenvalue weighted by Crippen LogP contribution is -2.25. The van der Waals surface area contributed by atoms with E-state index in [9.17, 15) is 0 Å². The minimum atomic E-state index is 0.376. The average molecular weight is 220 g/mol. The van der Waals surface area contributed by atoms with E-state index in [0.717, 1.165) is 0 Å². The first kappa shape index (κ1) is 13.2. The minimum Gasteiger partial charge on any atom is -0.311 e. The van der Waals surface area contributed by atoms with Crippen molar-refractivity contribution in [2.45, 2.75) is 46.6 Å². The predicted octanol–water partition coefficient (Wildman–Crippen LogP) is 3.40. The van der Waals surface area contributed by atoms with Crippen molar-refractivity contribution in [1.82, 2.24) is 10.3 Å². The van der Waals surface area contributed by atoms with Crippen molar-refractivity contribution < 1.29 is 0 Å². The van der Waals surface area contributed by atoms with E-state index < -0.39 is 0 Å². The molecule has 0 saturated carbocycles. The number of pyridine rings is 1. The van der Waals surface area contributed by atoms with Crippen LogP contribution in [0.25, 0.3) is 0 Å². The van der Waals surface area contributed by atoms with Gasteiger partial charge in [0.25, 0.3) is 0 Å². The number of aryl methyl sites for hydroxylation is 2. The van der Waals surface area contributed by atoms with Crippen LogP contribution in [0.1, 0.15) is 49.6 Å². The van der Waals surface area contributed by atoms with E-state index in [1.165, 1.54) is 29.7 Å². The Morgan fingerprint density at radius 2 is 2.06 bits per heavy atom. The lowest BCUT2D eigenvalue weighted by Gasteiger charge is -2.24. The molecule has 2 heteroatoms. The van der Waals surface area contributed by atoms with E-state index in [0.29, 0.717) is 12.0 Å². The van der Waals surface area contributed by atoms with Gasteiger partial charge in [0.2, 0.25) is 0 Å². The topological polar surface area (TPSA) is 24.9 Å². The first-order valence-corrected chi connectivity index (χ1v) is 6.20. The molecule has 0 spiro atoms. The van der Waals surface area contributed by atoms with Crippen LogP contribution in [0.2, 0.25) is 0 Å². The van der Waals surface area contributed by atoms with Gasteiger partial charge in [0.15, 0.2) is 0 Å². The molecule has 0 saturated heterocycles. The molecule has 1 heterocycles. The molecule has 0 bridgehead atoms. The van der Waals surface area contributed by atoms with Gasteiger partial charge in [-0.1, -0.05) is 26.3 Å². The molecule has 0 radical (unpaired) electrons. The van der Waals surface area contributed by atoms with Gasteiger partial charge in [-0.3, -0.25) is 4.98 Å². The zero-order chi connectivity index (χ0) is 12.1. The van der Waals surface area contributed by atoms with Crippen LogP contribution in [0.15, 0.2) is 12.3 Å².